The summed E-state index contributed by atoms with van der Waals surface area (Å²) in [5.74, 6) is 1.56. The fourth-order valence-electron chi connectivity index (χ4n) is 3.70. The molecular formula is C23H48O2Si. The molecule has 0 aliphatic heterocycles. The van der Waals surface area contributed by atoms with Gasteiger partial charge in [0, 0.05) is 12.2 Å². The van der Waals surface area contributed by atoms with Crippen LogP contribution in [0.15, 0.2) is 11.8 Å². The Hall–Kier alpha value is -0.123. The van der Waals surface area contributed by atoms with Gasteiger partial charge in [-0.05, 0) is 50.6 Å². The van der Waals surface area contributed by atoms with E-state index in [0.717, 1.165) is 29.9 Å². The molecule has 3 heteroatoms. The van der Waals surface area contributed by atoms with Gasteiger partial charge in [0.2, 0.25) is 0 Å². The molecule has 0 saturated heterocycles. The van der Waals surface area contributed by atoms with E-state index in [9.17, 15) is 0 Å². The molecule has 0 spiro atoms. The van der Waals surface area contributed by atoms with Gasteiger partial charge in [-0.1, -0.05) is 85.6 Å². The molecule has 0 amide bonds. The van der Waals surface area contributed by atoms with E-state index < -0.39 is 9.28 Å². The largest absolute Gasteiger partial charge is 0.391 e. The highest BCUT2D eigenvalue weighted by molar-refractivity contribution is 6.53. The van der Waals surface area contributed by atoms with Gasteiger partial charge in [0.15, 0.2) is 0 Å². The molecule has 156 valence electrons. The molecule has 0 fully saturated rings. The average Bonchev–Trinajstić information content (AvgIpc) is 2.61. The number of allylic oxidation sites excluding steroid dienone is 1. The van der Waals surface area contributed by atoms with Crippen LogP contribution >= 0.6 is 0 Å². The van der Waals surface area contributed by atoms with E-state index in [4.69, 9.17) is 8.85 Å². The molecular weight excluding hydrogens is 336 g/mol. The summed E-state index contributed by atoms with van der Waals surface area (Å²) in [4.78, 5) is 0. The minimum Gasteiger partial charge on any atom is -0.391 e. The molecule has 0 aromatic heterocycles. The lowest BCUT2D eigenvalue weighted by Gasteiger charge is -2.28. The van der Waals surface area contributed by atoms with Crippen LogP contribution in [0, 0.1) is 11.8 Å². The molecule has 0 N–H and O–H groups in total. The van der Waals surface area contributed by atoms with Gasteiger partial charge in [-0.3, -0.25) is 0 Å². The van der Waals surface area contributed by atoms with Gasteiger partial charge in [-0.25, -0.2) is 0 Å². The highest BCUT2D eigenvalue weighted by Crippen LogP contribution is 2.23. The molecule has 0 heterocycles. The van der Waals surface area contributed by atoms with E-state index >= 15 is 0 Å². The summed E-state index contributed by atoms with van der Waals surface area (Å²) in [6, 6.07) is 0. The molecule has 4 atom stereocenters. The Kier molecular flexibility index (Phi) is 15.8. The second kappa shape index (κ2) is 15.9. The van der Waals surface area contributed by atoms with Crippen LogP contribution in [0.4, 0.5) is 0 Å². The lowest BCUT2D eigenvalue weighted by atomic mass is 9.94. The summed E-state index contributed by atoms with van der Waals surface area (Å²) in [7, 11) is -1.81. The Morgan fingerprint density at radius 1 is 0.808 bits per heavy atom. The predicted molar refractivity (Wildman–Crippen MR) is 119 cm³/mol. The molecule has 0 aliphatic rings. The topological polar surface area (TPSA) is 18.5 Å². The zero-order valence-electron chi connectivity index (χ0n) is 19.0. The third-order valence-corrected chi connectivity index (χ3v) is 7.76. The second-order valence-electron chi connectivity index (χ2n) is 8.38. The van der Waals surface area contributed by atoms with Gasteiger partial charge in [0.05, 0.1) is 0 Å². The van der Waals surface area contributed by atoms with Crippen molar-refractivity contribution in [3.05, 3.63) is 11.8 Å². The Labute approximate surface area is 167 Å². The molecule has 0 aromatic carbocycles. The van der Waals surface area contributed by atoms with Crippen LogP contribution in [0.3, 0.4) is 0 Å². The van der Waals surface area contributed by atoms with Gasteiger partial charge >= 0.3 is 9.28 Å². The van der Waals surface area contributed by atoms with E-state index in [1.807, 2.05) is 0 Å². The summed E-state index contributed by atoms with van der Waals surface area (Å²) in [5.41, 5.74) is 0. The summed E-state index contributed by atoms with van der Waals surface area (Å²) in [5, 5.41) is 1.12. The first-order chi connectivity index (χ1) is 12.4. The van der Waals surface area contributed by atoms with Crippen LogP contribution in [-0.2, 0) is 8.85 Å². The normalized spacial score (nSPS) is 17.5. The summed E-state index contributed by atoms with van der Waals surface area (Å²) < 4.78 is 12.8. The molecule has 0 aliphatic carbocycles. The summed E-state index contributed by atoms with van der Waals surface area (Å²) >= 11 is 0. The van der Waals surface area contributed by atoms with E-state index in [1.165, 1.54) is 51.4 Å². The van der Waals surface area contributed by atoms with Gasteiger partial charge in [0.1, 0.15) is 0 Å². The first-order valence-corrected chi connectivity index (χ1v) is 12.9. The minimum atomic E-state index is -1.81. The van der Waals surface area contributed by atoms with Crippen molar-refractivity contribution in [3.8, 4) is 0 Å². The summed E-state index contributed by atoms with van der Waals surface area (Å²) in [6.07, 6.45) is 13.2. The van der Waals surface area contributed by atoms with Crippen LogP contribution in [0.2, 0.25) is 0 Å². The fraction of sp³-hybridized carbons (Fsp3) is 0.913. The van der Waals surface area contributed by atoms with Gasteiger partial charge in [-0.15, -0.1) is 0 Å². The van der Waals surface area contributed by atoms with Gasteiger partial charge < -0.3 is 8.85 Å². The molecule has 2 nitrogen and oxygen atoms in total. The lowest BCUT2D eigenvalue weighted by Crippen LogP contribution is -2.34. The van der Waals surface area contributed by atoms with Crippen molar-refractivity contribution in [1.29, 1.82) is 0 Å². The first-order valence-electron chi connectivity index (χ1n) is 11.3. The zero-order chi connectivity index (χ0) is 19.9. The lowest BCUT2D eigenvalue weighted by molar-refractivity contribution is 0.0924. The van der Waals surface area contributed by atoms with Crippen LogP contribution in [0.1, 0.15) is 113 Å². The molecule has 0 aromatic rings. The molecule has 0 bridgehead atoms. The second-order valence-corrected chi connectivity index (χ2v) is 10.6. The van der Waals surface area contributed by atoms with E-state index in [1.54, 1.807) is 0 Å². The fourth-order valence-corrected chi connectivity index (χ4v) is 5.29. The Balaban J connectivity index is 4.51. The quantitative estimate of drug-likeness (QED) is 0.244. The molecule has 0 saturated carbocycles. The SMILES string of the molecule is C=C(C)[SiH](OC(C)CC(CC)CCCC)OC(C)CC(CC)CCCC. The molecule has 0 radical (unpaired) electrons. The Morgan fingerprint density at radius 2 is 1.19 bits per heavy atom. The van der Waals surface area contributed by atoms with Crippen LogP contribution < -0.4 is 0 Å². The Morgan fingerprint density at radius 3 is 1.46 bits per heavy atom. The maximum Gasteiger partial charge on any atom is 0.351 e. The molecule has 4 unspecified atom stereocenters. The molecule has 26 heavy (non-hydrogen) atoms. The first kappa shape index (κ1) is 25.9. The zero-order valence-corrected chi connectivity index (χ0v) is 20.1. The van der Waals surface area contributed by atoms with Crippen molar-refractivity contribution >= 4 is 9.28 Å². The molecule has 0 rings (SSSR count). The number of rotatable bonds is 17. The Bertz CT molecular complexity index is 319. The van der Waals surface area contributed by atoms with Crippen molar-refractivity contribution in [1.82, 2.24) is 0 Å². The number of hydrogen-bond acceptors (Lipinski definition) is 2. The minimum absolute atomic E-state index is 0.277. The van der Waals surface area contributed by atoms with Crippen molar-refractivity contribution in [2.45, 2.75) is 125 Å². The third kappa shape index (κ3) is 12.3. The third-order valence-electron chi connectivity index (χ3n) is 5.53. The van der Waals surface area contributed by atoms with E-state index in [2.05, 4.69) is 55.0 Å². The smallest absolute Gasteiger partial charge is 0.351 e. The van der Waals surface area contributed by atoms with Crippen LogP contribution in [0.25, 0.3) is 0 Å². The van der Waals surface area contributed by atoms with E-state index in [0.29, 0.717) is 0 Å². The highest BCUT2D eigenvalue weighted by atomic mass is 28.3. The van der Waals surface area contributed by atoms with Crippen molar-refractivity contribution in [3.63, 3.8) is 0 Å². The van der Waals surface area contributed by atoms with Gasteiger partial charge in [-0.2, -0.15) is 0 Å². The maximum atomic E-state index is 6.41. The highest BCUT2D eigenvalue weighted by Gasteiger charge is 2.23. The maximum absolute atomic E-state index is 6.41. The van der Waals surface area contributed by atoms with Crippen molar-refractivity contribution in [2.24, 2.45) is 11.8 Å². The van der Waals surface area contributed by atoms with Crippen molar-refractivity contribution in [2.75, 3.05) is 0 Å². The van der Waals surface area contributed by atoms with E-state index in [-0.39, 0.29) is 12.2 Å². The van der Waals surface area contributed by atoms with Crippen molar-refractivity contribution < 1.29 is 8.85 Å². The number of unbranched alkanes of at least 4 members (excludes halogenated alkanes) is 2. The van der Waals surface area contributed by atoms with Crippen LogP contribution in [0.5, 0.6) is 0 Å². The predicted octanol–water partition coefficient (Wildman–Crippen LogP) is 7.35. The number of hydrogen-bond donors (Lipinski definition) is 0. The van der Waals surface area contributed by atoms with Gasteiger partial charge in [0.25, 0.3) is 0 Å². The monoisotopic (exact) mass is 384 g/mol. The summed E-state index contributed by atoms with van der Waals surface area (Å²) in [6.45, 7) is 19.9. The standard InChI is InChI=1S/C23H48O2Si/c1-9-13-15-22(11-3)17-20(7)24-26(19(5)6)25-21(8)18-23(12-4)16-14-10-2/h20-23,26H,5,9-18H2,1-4,6-8H3. The average molecular weight is 385 g/mol. The van der Waals surface area contributed by atoms with Crippen LogP contribution in [-0.4, -0.2) is 21.5 Å².